The Morgan fingerprint density at radius 1 is 1.38 bits per heavy atom. The van der Waals surface area contributed by atoms with Crippen molar-refractivity contribution in [1.82, 2.24) is 9.62 Å². The molecule has 0 aromatic heterocycles. The number of rotatable bonds is 5. The average Bonchev–Trinajstić information content (AvgIpc) is 2.48. The van der Waals surface area contributed by atoms with Gasteiger partial charge in [-0.3, -0.25) is 10.1 Å². The molecular formula is C13H19N3O4S. The summed E-state index contributed by atoms with van der Waals surface area (Å²) in [6, 6.07) is 5.00. The van der Waals surface area contributed by atoms with Crippen LogP contribution in [-0.2, 0) is 10.0 Å². The lowest BCUT2D eigenvalue weighted by Crippen LogP contribution is -2.44. The second kappa shape index (κ2) is 6.50. The number of nitro groups is 1. The van der Waals surface area contributed by atoms with Gasteiger partial charge in [0, 0.05) is 18.2 Å². The van der Waals surface area contributed by atoms with Gasteiger partial charge >= 0.3 is 0 Å². The van der Waals surface area contributed by atoms with Gasteiger partial charge in [0.15, 0.2) is 0 Å². The summed E-state index contributed by atoms with van der Waals surface area (Å²) in [4.78, 5) is 12.3. The Morgan fingerprint density at radius 3 is 2.62 bits per heavy atom. The highest BCUT2D eigenvalue weighted by Crippen LogP contribution is 2.19. The molecule has 0 spiro atoms. The number of nitrogens with zero attached hydrogens (tertiary/aromatic N) is 2. The minimum absolute atomic E-state index is 0.0605. The molecule has 1 fully saturated rings. The van der Waals surface area contributed by atoms with Crippen molar-refractivity contribution < 1.29 is 13.3 Å². The number of non-ortho nitro benzene ring substituents is 1. The second-order valence-electron chi connectivity index (χ2n) is 5.08. The summed E-state index contributed by atoms with van der Waals surface area (Å²) < 4.78 is 27.2. The van der Waals surface area contributed by atoms with Gasteiger partial charge in [0.05, 0.1) is 9.82 Å². The van der Waals surface area contributed by atoms with Crippen LogP contribution >= 0.6 is 0 Å². The van der Waals surface area contributed by atoms with Crippen molar-refractivity contribution >= 4 is 15.7 Å². The van der Waals surface area contributed by atoms with Crippen LogP contribution in [0.2, 0.25) is 0 Å². The molecule has 0 aliphatic carbocycles. The lowest BCUT2D eigenvalue weighted by atomic mass is 10.1. The molecule has 1 aromatic rings. The Morgan fingerprint density at radius 2 is 2.05 bits per heavy atom. The molecule has 0 amide bonds. The molecule has 1 saturated heterocycles. The molecule has 21 heavy (non-hydrogen) atoms. The van der Waals surface area contributed by atoms with Crippen molar-refractivity contribution in [2.24, 2.45) is 0 Å². The predicted octanol–water partition coefficient (Wildman–Crippen LogP) is 1.36. The van der Waals surface area contributed by atoms with E-state index in [9.17, 15) is 18.5 Å². The van der Waals surface area contributed by atoms with Gasteiger partial charge in [-0.2, -0.15) is 0 Å². The summed E-state index contributed by atoms with van der Waals surface area (Å²) in [6.07, 6.45) is 1.50. The molecule has 2 rings (SSSR count). The summed E-state index contributed by atoms with van der Waals surface area (Å²) in [5.74, 6) is 0. The van der Waals surface area contributed by atoms with Gasteiger partial charge in [-0.05, 0) is 38.5 Å². The van der Waals surface area contributed by atoms with E-state index >= 15 is 0 Å². The number of nitro benzene ring substituents is 1. The fourth-order valence-electron chi connectivity index (χ4n) is 2.42. The van der Waals surface area contributed by atoms with Crippen molar-refractivity contribution in [2.45, 2.75) is 30.7 Å². The Kier molecular flexibility index (Phi) is 4.92. The number of likely N-dealkylation sites (tertiary alicyclic amines) is 1. The van der Waals surface area contributed by atoms with Gasteiger partial charge in [-0.25, -0.2) is 13.1 Å². The molecule has 1 heterocycles. The molecule has 1 aliphatic heterocycles. The summed E-state index contributed by atoms with van der Waals surface area (Å²) >= 11 is 0. The maximum absolute atomic E-state index is 12.3. The SMILES string of the molecule is CCN1CCC(NS(=O)(=O)c2cccc([N+](=O)[O-])c2)CC1. The van der Waals surface area contributed by atoms with Crippen LogP contribution in [-0.4, -0.2) is 43.9 Å². The molecule has 1 aromatic carbocycles. The highest BCUT2D eigenvalue weighted by atomic mass is 32.2. The summed E-state index contributed by atoms with van der Waals surface area (Å²) in [6.45, 7) is 4.76. The van der Waals surface area contributed by atoms with E-state index < -0.39 is 14.9 Å². The van der Waals surface area contributed by atoms with E-state index in [1.807, 2.05) is 0 Å². The lowest BCUT2D eigenvalue weighted by molar-refractivity contribution is -0.385. The molecular weight excluding hydrogens is 294 g/mol. The fraction of sp³-hybridized carbons (Fsp3) is 0.538. The first kappa shape index (κ1) is 15.9. The van der Waals surface area contributed by atoms with Gasteiger partial charge in [-0.15, -0.1) is 0 Å². The third-order valence-corrected chi connectivity index (χ3v) is 5.21. The lowest BCUT2D eigenvalue weighted by Gasteiger charge is -2.31. The maximum atomic E-state index is 12.3. The van der Waals surface area contributed by atoms with Crippen LogP contribution in [0.4, 0.5) is 5.69 Å². The Hall–Kier alpha value is -1.51. The molecule has 1 aliphatic rings. The van der Waals surface area contributed by atoms with Crippen LogP contribution in [0.1, 0.15) is 19.8 Å². The van der Waals surface area contributed by atoms with Crippen LogP contribution in [0.3, 0.4) is 0 Å². The quantitative estimate of drug-likeness (QED) is 0.654. The average molecular weight is 313 g/mol. The molecule has 8 heteroatoms. The molecule has 1 N–H and O–H groups in total. The number of hydrogen-bond acceptors (Lipinski definition) is 5. The van der Waals surface area contributed by atoms with Gasteiger partial charge < -0.3 is 4.90 Å². The zero-order valence-corrected chi connectivity index (χ0v) is 12.7. The van der Waals surface area contributed by atoms with Crippen LogP contribution in [0.5, 0.6) is 0 Å². The monoisotopic (exact) mass is 313 g/mol. The zero-order chi connectivity index (χ0) is 15.5. The Bertz CT molecular complexity index is 610. The van der Waals surface area contributed by atoms with Gasteiger partial charge in [0.2, 0.25) is 10.0 Å². The van der Waals surface area contributed by atoms with E-state index in [0.29, 0.717) is 0 Å². The largest absolute Gasteiger partial charge is 0.303 e. The van der Waals surface area contributed by atoms with E-state index in [4.69, 9.17) is 0 Å². The number of sulfonamides is 1. The van der Waals surface area contributed by atoms with Crippen LogP contribution in [0.25, 0.3) is 0 Å². The number of hydrogen-bond donors (Lipinski definition) is 1. The maximum Gasteiger partial charge on any atom is 0.270 e. The first-order chi connectivity index (χ1) is 9.92. The predicted molar refractivity (Wildman–Crippen MR) is 78.6 cm³/mol. The minimum atomic E-state index is -3.71. The van der Waals surface area contributed by atoms with Crippen LogP contribution in [0, 0.1) is 10.1 Å². The molecule has 0 radical (unpaired) electrons. The number of piperidine rings is 1. The number of benzene rings is 1. The Balaban J connectivity index is 2.08. The van der Waals surface area contributed by atoms with Crippen LogP contribution in [0.15, 0.2) is 29.2 Å². The van der Waals surface area contributed by atoms with Crippen molar-refractivity contribution in [2.75, 3.05) is 19.6 Å². The molecule has 0 bridgehead atoms. The van der Waals surface area contributed by atoms with Crippen molar-refractivity contribution in [3.8, 4) is 0 Å². The normalized spacial score (nSPS) is 17.8. The second-order valence-corrected chi connectivity index (χ2v) is 6.80. The van der Waals surface area contributed by atoms with E-state index in [2.05, 4.69) is 16.5 Å². The van der Waals surface area contributed by atoms with E-state index in [1.54, 1.807) is 0 Å². The highest BCUT2D eigenvalue weighted by molar-refractivity contribution is 7.89. The van der Waals surface area contributed by atoms with E-state index in [1.165, 1.54) is 18.2 Å². The molecule has 0 saturated carbocycles. The van der Waals surface area contributed by atoms with E-state index in [-0.39, 0.29) is 16.6 Å². The first-order valence-corrected chi connectivity index (χ1v) is 8.40. The first-order valence-electron chi connectivity index (χ1n) is 6.91. The van der Waals surface area contributed by atoms with Gasteiger partial charge in [-0.1, -0.05) is 13.0 Å². The van der Waals surface area contributed by atoms with Gasteiger partial charge in [0.1, 0.15) is 0 Å². The molecule has 116 valence electrons. The Labute approximate surface area is 124 Å². The van der Waals surface area contributed by atoms with Crippen molar-refractivity contribution in [3.05, 3.63) is 34.4 Å². The topological polar surface area (TPSA) is 92.6 Å². The third-order valence-electron chi connectivity index (χ3n) is 3.70. The molecule has 0 unspecified atom stereocenters. The summed E-state index contributed by atoms with van der Waals surface area (Å²) in [7, 11) is -3.71. The van der Waals surface area contributed by atoms with Gasteiger partial charge in [0.25, 0.3) is 5.69 Å². The molecule has 0 atom stereocenters. The van der Waals surface area contributed by atoms with Crippen molar-refractivity contribution in [1.29, 1.82) is 0 Å². The zero-order valence-electron chi connectivity index (χ0n) is 11.9. The standard InChI is InChI=1S/C13H19N3O4S/c1-2-15-8-6-11(7-9-15)14-21(19,20)13-5-3-4-12(10-13)16(17)18/h3-5,10-11,14H,2,6-9H2,1H3. The number of nitrogens with one attached hydrogen (secondary N) is 1. The fourth-order valence-corrected chi connectivity index (χ4v) is 3.76. The van der Waals surface area contributed by atoms with Crippen molar-refractivity contribution in [3.63, 3.8) is 0 Å². The highest BCUT2D eigenvalue weighted by Gasteiger charge is 2.25. The summed E-state index contributed by atoms with van der Waals surface area (Å²) in [5, 5.41) is 10.7. The summed E-state index contributed by atoms with van der Waals surface area (Å²) in [5.41, 5.74) is -0.223. The smallest absolute Gasteiger partial charge is 0.270 e. The third kappa shape index (κ3) is 3.99. The minimum Gasteiger partial charge on any atom is -0.303 e. The van der Waals surface area contributed by atoms with E-state index in [0.717, 1.165) is 38.5 Å². The van der Waals surface area contributed by atoms with Crippen LogP contribution < -0.4 is 4.72 Å². The molecule has 7 nitrogen and oxygen atoms in total.